The summed E-state index contributed by atoms with van der Waals surface area (Å²) in [7, 11) is -3.26. The Hall–Kier alpha value is -2.57. The lowest BCUT2D eigenvalue weighted by Crippen LogP contribution is -1.96. The van der Waals surface area contributed by atoms with E-state index in [9.17, 15) is 12.8 Å². The van der Waals surface area contributed by atoms with Gasteiger partial charge in [-0.1, -0.05) is 70.6 Å². The number of hydrogen-bond acceptors (Lipinski definition) is 4. The molecule has 6 heteroatoms. The van der Waals surface area contributed by atoms with E-state index >= 15 is 0 Å². The van der Waals surface area contributed by atoms with E-state index in [0.717, 1.165) is 26.7 Å². The lowest BCUT2D eigenvalue weighted by Gasteiger charge is -2.07. The van der Waals surface area contributed by atoms with E-state index in [1.807, 2.05) is 46.8 Å². The van der Waals surface area contributed by atoms with Crippen molar-refractivity contribution >= 4 is 21.2 Å². The fourth-order valence-corrected chi connectivity index (χ4v) is 4.81. The normalized spacial score (nSPS) is 12.4. The second-order valence-electron chi connectivity index (χ2n) is 7.19. The number of benzene rings is 2. The molecule has 3 nitrogen and oxygen atoms in total. The molecular formula is C28H36FNO2S2. The highest BCUT2D eigenvalue weighted by atomic mass is 32.2. The van der Waals surface area contributed by atoms with Gasteiger partial charge in [0.05, 0.1) is 15.5 Å². The summed E-state index contributed by atoms with van der Waals surface area (Å²) in [5.74, 6) is -0.179. The lowest BCUT2D eigenvalue weighted by molar-refractivity contribution is 0.602. The van der Waals surface area contributed by atoms with Gasteiger partial charge in [0.25, 0.3) is 0 Å². The predicted molar refractivity (Wildman–Crippen MR) is 146 cm³/mol. The van der Waals surface area contributed by atoms with Crippen LogP contribution in [0.3, 0.4) is 0 Å². The zero-order valence-electron chi connectivity index (χ0n) is 21.4. The zero-order chi connectivity index (χ0) is 25.9. The van der Waals surface area contributed by atoms with Crippen molar-refractivity contribution in [1.29, 1.82) is 0 Å². The van der Waals surface area contributed by atoms with Crippen LogP contribution < -0.4 is 0 Å². The van der Waals surface area contributed by atoms with Crippen molar-refractivity contribution in [2.45, 2.75) is 59.3 Å². The summed E-state index contributed by atoms with van der Waals surface area (Å²) in [6.07, 6.45) is 7.25. The predicted octanol–water partition coefficient (Wildman–Crippen LogP) is 8.70. The van der Waals surface area contributed by atoms with Crippen LogP contribution in [0.25, 0.3) is 21.7 Å². The highest BCUT2D eigenvalue weighted by molar-refractivity contribution is 7.90. The van der Waals surface area contributed by atoms with E-state index in [1.54, 1.807) is 47.7 Å². The molecule has 0 fully saturated rings. The molecule has 0 saturated heterocycles. The van der Waals surface area contributed by atoms with Crippen LogP contribution in [-0.2, 0) is 9.84 Å². The number of rotatable bonds is 6. The number of hydrogen-bond donors (Lipinski definition) is 0. The van der Waals surface area contributed by atoms with Crippen LogP contribution in [-0.4, -0.2) is 19.7 Å². The Labute approximate surface area is 209 Å². The molecule has 0 bridgehead atoms. The van der Waals surface area contributed by atoms with Gasteiger partial charge >= 0.3 is 0 Å². The molecule has 1 atom stereocenters. The number of thiazole rings is 1. The molecule has 1 unspecified atom stereocenters. The van der Waals surface area contributed by atoms with Crippen LogP contribution in [0, 0.1) is 5.82 Å². The van der Waals surface area contributed by atoms with Crippen molar-refractivity contribution < 1.29 is 12.8 Å². The van der Waals surface area contributed by atoms with Gasteiger partial charge in [-0.15, -0.1) is 11.3 Å². The van der Waals surface area contributed by atoms with E-state index in [2.05, 4.69) is 19.9 Å². The van der Waals surface area contributed by atoms with Gasteiger partial charge < -0.3 is 0 Å². The third-order valence-corrected chi connectivity index (χ3v) is 7.33. The highest BCUT2D eigenvalue weighted by Crippen LogP contribution is 2.40. The summed E-state index contributed by atoms with van der Waals surface area (Å²) in [6.45, 7) is 14.2. The molecule has 34 heavy (non-hydrogen) atoms. The van der Waals surface area contributed by atoms with Crippen molar-refractivity contribution in [2.75, 3.05) is 6.26 Å². The molecule has 0 aliphatic heterocycles. The number of halogens is 1. The van der Waals surface area contributed by atoms with Gasteiger partial charge in [0.15, 0.2) is 9.84 Å². The fourth-order valence-electron chi connectivity index (χ4n) is 2.96. The minimum Gasteiger partial charge on any atom is -0.240 e. The fraction of sp³-hybridized carbons (Fsp3) is 0.321. The molecule has 1 heterocycles. The number of allylic oxidation sites excluding steroid dienone is 4. The second-order valence-corrected chi connectivity index (χ2v) is 10.2. The standard InChI is InChI=1S/C24H24FNO2S2.2C2H6/c1-5-6-7-16(2)17(3)24-26-22(18-8-12-20(25)13-9-18)23(29-24)19-10-14-21(15-11-19)30(4,27)28;2*1-2/h5-15,17H,1-4H3;2*1-2H3/b6-5-,16-7-;;. The Balaban J connectivity index is 0.00000137. The SMILES string of the molecule is C/C=C\C=C(\C)C(C)c1nc(-c2ccc(F)cc2)c(-c2ccc(S(C)(=O)=O)cc2)s1.CC.CC. The summed E-state index contributed by atoms with van der Waals surface area (Å²) in [6, 6.07) is 13.1. The van der Waals surface area contributed by atoms with Crippen LogP contribution in [0.1, 0.15) is 59.4 Å². The van der Waals surface area contributed by atoms with Crippen LogP contribution in [0.4, 0.5) is 4.39 Å². The summed E-state index contributed by atoms with van der Waals surface area (Å²) in [5, 5.41) is 0.953. The van der Waals surface area contributed by atoms with E-state index in [-0.39, 0.29) is 16.6 Å². The molecule has 1 aromatic heterocycles. The molecule has 0 saturated carbocycles. The molecule has 3 rings (SSSR count). The number of sulfone groups is 1. The molecule has 0 N–H and O–H groups in total. The number of aromatic nitrogens is 1. The van der Waals surface area contributed by atoms with Gasteiger partial charge in [-0.05, 0) is 55.8 Å². The maximum atomic E-state index is 13.5. The minimum atomic E-state index is -3.26. The summed E-state index contributed by atoms with van der Waals surface area (Å²) >= 11 is 1.58. The lowest BCUT2D eigenvalue weighted by atomic mass is 10.0. The smallest absolute Gasteiger partial charge is 0.175 e. The molecule has 0 spiro atoms. The second kappa shape index (κ2) is 14.0. The monoisotopic (exact) mass is 501 g/mol. The van der Waals surface area contributed by atoms with Gasteiger partial charge in [-0.2, -0.15) is 0 Å². The van der Waals surface area contributed by atoms with E-state index in [0.29, 0.717) is 0 Å². The van der Waals surface area contributed by atoms with Crippen molar-refractivity contribution in [1.82, 2.24) is 4.98 Å². The summed E-state index contributed by atoms with van der Waals surface area (Å²) in [5.41, 5.74) is 3.66. The van der Waals surface area contributed by atoms with Gasteiger partial charge in [0, 0.05) is 17.7 Å². The highest BCUT2D eigenvalue weighted by Gasteiger charge is 2.20. The van der Waals surface area contributed by atoms with E-state index < -0.39 is 9.84 Å². The first-order valence-corrected chi connectivity index (χ1v) is 14.3. The van der Waals surface area contributed by atoms with Crippen molar-refractivity contribution in [2.24, 2.45) is 0 Å². The zero-order valence-corrected chi connectivity index (χ0v) is 23.0. The molecule has 184 valence electrons. The van der Waals surface area contributed by atoms with Gasteiger partial charge in [-0.3, -0.25) is 0 Å². The third-order valence-electron chi connectivity index (χ3n) is 4.91. The summed E-state index contributed by atoms with van der Waals surface area (Å²) in [4.78, 5) is 6.11. The Morgan fingerprint density at radius 2 is 1.50 bits per heavy atom. The van der Waals surface area contributed by atoms with Crippen molar-refractivity contribution in [3.8, 4) is 21.7 Å². The van der Waals surface area contributed by atoms with Crippen molar-refractivity contribution in [3.05, 3.63) is 83.2 Å². The molecule has 0 amide bonds. The Bertz CT molecular complexity index is 1190. The molecule has 0 radical (unpaired) electrons. The topological polar surface area (TPSA) is 47.0 Å². The molecule has 3 aromatic rings. The maximum absolute atomic E-state index is 13.5. The average molecular weight is 502 g/mol. The van der Waals surface area contributed by atoms with E-state index in [1.165, 1.54) is 24.0 Å². The Morgan fingerprint density at radius 3 is 2.00 bits per heavy atom. The van der Waals surface area contributed by atoms with E-state index in [4.69, 9.17) is 4.98 Å². The first kappa shape index (κ1) is 29.5. The van der Waals surface area contributed by atoms with Crippen LogP contribution in [0.2, 0.25) is 0 Å². The molecular weight excluding hydrogens is 465 g/mol. The van der Waals surface area contributed by atoms with Gasteiger partial charge in [0.1, 0.15) is 10.8 Å². The Kier molecular flexibility index (Phi) is 12.1. The largest absolute Gasteiger partial charge is 0.240 e. The molecule has 0 aliphatic carbocycles. The number of nitrogens with zero attached hydrogens (tertiary/aromatic N) is 1. The molecule has 0 aliphatic rings. The van der Waals surface area contributed by atoms with Crippen LogP contribution in [0.5, 0.6) is 0 Å². The minimum absolute atomic E-state index is 0.120. The van der Waals surface area contributed by atoms with Crippen LogP contribution >= 0.6 is 11.3 Å². The first-order chi connectivity index (χ1) is 16.2. The molecule has 2 aromatic carbocycles. The summed E-state index contributed by atoms with van der Waals surface area (Å²) < 4.78 is 37.0. The quantitative estimate of drug-likeness (QED) is 0.317. The third kappa shape index (κ3) is 7.74. The van der Waals surface area contributed by atoms with Gasteiger partial charge in [-0.25, -0.2) is 17.8 Å². The van der Waals surface area contributed by atoms with Gasteiger partial charge in [0.2, 0.25) is 0 Å². The Morgan fingerprint density at radius 1 is 0.971 bits per heavy atom. The first-order valence-electron chi connectivity index (χ1n) is 11.6. The maximum Gasteiger partial charge on any atom is 0.175 e. The average Bonchev–Trinajstić information content (AvgIpc) is 3.30. The van der Waals surface area contributed by atoms with Crippen molar-refractivity contribution in [3.63, 3.8) is 0 Å². The van der Waals surface area contributed by atoms with Crippen LogP contribution in [0.15, 0.2) is 77.2 Å².